The Morgan fingerprint density at radius 1 is 1.05 bits per heavy atom. The standard InChI is InChI=1S/C17H25BF2O2/c1-2-3-4-5-12-6-8-13(9-7-12)14-10-15(19)17(18(21)22)16(20)11-14/h10-13,21-22H,2-9H2,1H3. The largest absolute Gasteiger partial charge is 0.494 e. The Bertz CT molecular complexity index is 463. The van der Waals surface area contributed by atoms with E-state index in [9.17, 15) is 8.78 Å². The molecule has 122 valence electrons. The molecule has 0 aromatic heterocycles. The summed E-state index contributed by atoms with van der Waals surface area (Å²) in [5, 5.41) is 18.0. The Labute approximate surface area is 131 Å². The minimum atomic E-state index is -2.11. The summed E-state index contributed by atoms with van der Waals surface area (Å²) in [4.78, 5) is 0. The lowest BCUT2D eigenvalue weighted by molar-refractivity contribution is 0.302. The van der Waals surface area contributed by atoms with E-state index in [4.69, 9.17) is 10.0 Å². The van der Waals surface area contributed by atoms with Crippen LogP contribution in [-0.4, -0.2) is 17.2 Å². The van der Waals surface area contributed by atoms with E-state index in [1.807, 2.05) is 0 Å². The highest BCUT2D eigenvalue weighted by molar-refractivity contribution is 6.58. The number of halogens is 2. The van der Waals surface area contributed by atoms with E-state index in [1.165, 1.54) is 37.8 Å². The molecule has 0 amide bonds. The second-order valence-corrected chi connectivity index (χ2v) is 6.49. The zero-order valence-corrected chi connectivity index (χ0v) is 13.2. The number of unbranched alkanes of at least 4 members (excludes halogenated alkanes) is 2. The van der Waals surface area contributed by atoms with Crippen LogP contribution in [0.3, 0.4) is 0 Å². The number of hydrogen-bond acceptors (Lipinski definition) is 2. The van der Waals surface area contributed by atoms with E-state index in [2.05, 4.69) is 6.92 Å². The number of rotatable bonds is 6. The highest BCUT2D eigenvalue weighted by Crippen LogP contribution is 2.38. The molecule has 1 aliphatic carbocycles. The molecule has 22 heavy (non-hydrogen) atoms. The van der Waals surface area contributed by atoms with Crippen molar-refractivity contribution in [3.05, 3.63) is 29.3 Å². The smallest absolute Gasteiger partial charge is 0.423 e. The van der Waals surface area contributed by atoms with E-state index < -0.39 is 24.2 Å². The Morgan fingerprint density at radius 2 is 1.64 bits per heavy atom. The highest BCUT2D eigenvalue weighted by Gasteiger charge is 2.27. The van der Waals surface area contributed by atoms with E-state index in [0.29, 0.717) is 5.56 Å². The summed E-state index contributed by atoms with van der Waals surface area (Å²) in [5.41, 5.74) is -0.0107. The van der Waals surface area contributed by atoms with Crippen LogP contribution < -0.4 is 5.46 Å². The lowest BCUT2D eigenvalue weighted by atomic mass is 9.74. The van der Waals surface area contributed by atoms with Gasteiger partial charge in [-0.3, -0.25) is 0 Å². The molecule has 0 unspecified atom stereocenters. The fourth-order valence-electron chi connectivity index (χ4n) is 3.55. The molecule has 2 rings (SSSR count). The lowest BCUT2D eigenvalue weighted by Gasteiger charge is -2.29. The summed E-state index contributed by atoms with van der Waals surface area (Å²) in [7, 11) is -2.11. The zero-order valence-electron chi connectivity index (χ0n) is 13.2. The quantitative estimate of drug-likeness (QED) is 0.624. The molecule has 2 nitrogen and oxygen atoms in total. The summed E-state index contributed by atoms with van der Waals surface area (Å²) in [6, 6.07) is 2.53. The van der Waals surface area contributed by atoms with Gasteiger partial charge in [-0.15, -0.1) is 0 Å². The molecular formula is C17H25BF2O2. The van der Waals surface area contributed by atoms with Crippen LogP contribution in [0, 0.1) is 17.6 Å². The molecule has 0 aliphatic heterocycles. The topological polar surface area (TPSA) is 40.5 Å². The van der Waals surface area contributed by atoms with Crippen LogP contribution in [-0.2, 0) is 0 Å². The van der Waals surface area contributed by atoms with E-state index >= 15 is 0 Å². The monoisotopic (exact) mass is 310 g/mol. The van der Waals surface area contributed by atoms with E-state index in [0.717, 1.165) is 31.6 Å². The van der Waals surface area contributed by atoms with Gasteiger partial charge in [0.1, 0.15) is 11.6 Å². The first-order chi connectivity index (χ1) is 10.5. The summed E-state index contributed by atoms with van der Waals surface area (Å²) >= 11 is 0. The third-order valence-electron chi connectivity index (χ3n) is 4.89. The van der Waals surface area contributed by atoms with Crippen LogP contribution in [0.15, 0.2) is 12.1 Å². The van der Waals surface area contributed by atoms with Gasteiger partial charge in [0.15, 0.2) is 0 Å². The Hall–Kier alpha value is -0.935. The van der Waals surface area contributed by atoms with Crippen molar-refractivity contribution in [1.29, 1.82) is 0 Å². The molecule has 0 spiro atoms. The van der Waals surface area contributed by atoms with Crippen LogP contribution in [0.1, 0.15) is 69.8 Å². The Balaban J connectivity index is 1.97. The molecular weight excluding hydrogens is 285 g/mol. The van der Waals surface area contributed by atoms with Gasteiger partial charge in [-0.25, -0.2) is 8.78 Å². The predicted molar refractivity (Wildman–Crippen MR) is 85.0 cm³/mol. The maximum Gasteiger partial charge on any atom is 0.494 e. The second-order valence-electron chi connectivity index (χ2n) is 6.49. The molecule has 0 radical (unpaired) electrons. The zero-order chi connectivity index (χ0) is 16.1. The van der Waals surface area contributed by atoms with Gasteiger partial charge in [-0.1, -0.05) is 32.6 Å². The molecule has 5 heteroatoms. The van der Waals surface area contributed by atoms with Crippen molar-refractivity contribution in [2.75, 3.05) is 0 Å². The molecule has 1 saturated carbocycles. The maximum atomic E-state index is 13.8. The van der Waals surface area contributed by atoms with Gasteiger partial charge in [-0.05, 0) is 55.2 Å². The Morgan fingerprint density at radius 3 is 2.14 bits per heavy atom. The minimum absolute atomic E-state index is 0.177. The van der Waals surface area contributed by atoms with E-state index in [-0.39, 0.29) is 5.92 Å². The van der Waals surface area contributed by atoms with Gasteiger partial charge >= 0.3 is 7.12 Å². The minimum Gasteiger partial charge on any atom is -0.423 e. The molecule has 2 N–H and O–H groups in total. The fraction of sp³-hybridized carbons (Fsp3) is 0.647. The first-order valence-electron chi connectivity index (χ1n) is 8.37. The van der Waals surface area contributed by atoms with Crippen LogP contribution in [0.2, 0.25) is 0 Å². The molecule has 1 aromatic rings. The Kier molecular flexibility index (Phi) is 6.39. The molecule has 0 heterocycles. The van der Waals surface area contributed by atoms with Crippen LogP contribution in [0.5, 0.6) is 0 Å². The number of benzene rings is 1. The van der Waals surface area contributed by atoms with Gasteiger partial charge < -0.3 is 10.0 Å². The first kappa shape index (κ1) is 17.4. The first-order valence-corrected chi connectivity index (χ1v) is 8.37. The third-order valence-corrected chi connectivity index (χ3v) is 4.89. The summed E-state index contributed by atoms with van der Waals surface area (Å²) in [6.07, 6.45) is 9.19. The van der Waals surface area contributed by atoms with Crippen molar-refractivity contribution in [2.24, 2.45) is 5.92 Å². The predicted octanol–water partition coefficient (Wildman–Crippen LogP) is 3.50. The van der Waals surface area contributed by atoms with Crippen molar-refractivity contribution in [3.8, 4) is 0 Å². The van der Waals surface area contributed by atoms with Crippen LogP contribution in [0.25, 0.3) is 0 Å². The third kappa shape index (κ3) is 4.29. The van der Waals surface area contributed by atoms with Crippen molar-refractivity contribution >= 4 is 12.6 Å². The SMILES string of the molecule is CCCCCC1CCC(c2cc(F)c(B(O)O)c(F)c2)CC1. The average Bonchev–Trinajstić information content (AvgIpc) is 2.47. The second kappa shape index (κ2) is 8.07. The van der Waals surface area contributed by atoms with Gasteiger partial charge in [-0.2, -0.15) is 0 Å². The molecule has 1 aliphatic rings. The normalized spacial score (nSPS) is 21.9. The van der Waals surface area contributed by atoms with Crippen molar-refractivity contribution in [2.45, 2.75) is 64.2 Å². The summed E-state index contributed by atoms with van der Waals surface area (Å²) < 4.78 is 27.7. The fourth-order valence-corrected chi connectivity index (χ4v) is 3.55. The maximum absolute atomic E-state index is 13.8. The summed E-state index contributed by atoms with van der Waals surface area (Å²) in [6.45, 7) is 2.20. The van der Waals surface area contributed by atoms with Crippen molar-refractivity contribution in [3.63, 3.8) is 0 Å². The molecule has 0 bridgehead atoms. The highest BCUT2D eigenvalue weighted by atomic mass is 19.1. The molecule has 0 atom stereocenters. The van der Waals surface area contributed by atoms with Gasteiger partial charge in [0, 0.05) is 0 Å². The average molecular weight is 310 g/mol. The number of hydrogen-bond donors (Lipinski definition) is 2. The van der Waals surface area contributed by atoms with Crippen molar-refractivity contribution in [1.82, 2.24) is 0 Å². The van der Waals surface area contributed by atoms with Gasteiger partial charge in [0.05, 0.1) is 5.46 Å². The molecule has 1 fully saturated rings. The van der Waals surface area contributed by atoms with Crippen LogP contribution >= 0.6 is 0 Å². The van der Waals surface area contributed by atoms with Gasteiger partial charge in [0.25, 0.3) is 0 Å². The molecule has 1 aromatic carbocycles. The van der Waals surface area contributed by atoms with Crippen LogP contribution in [0.4, 0.5) is 8.78 Å². The van der Waals surface area contributed by atoms with Crippen molar-refractivity contribution < 1.29 is 18.8 Å². The lowest BCUT2D eigenvalue weighted by Crippen LogP contribution is -2.36. The van der Waals surface area contributed by atoms with E-state index in [1.54, 1.807) is 0 Å². The summed E-state index contributed by atoms with van der Waals surface area (Å²) in [5.74, 6) is -0.808. The van der Waals surface area contributed by atoms with Gasteiger partial charge in [0.2, 0.25) is 0 Å². The molecule has 0 saturated heterocycles.